The molecule has 7 heteroatoms. The Hall–Kier alpha value is -2.11. The van der Waals surface area contributed by atoms with Gasteiger partial charge in [-0.2, -0.15) is 0 Å². The van der Waals surface area contributed by atoms with Crippen molar-refractivity contribution in [3.63, 3.8) is 0 Å². The van der Waals surface area contributed by atoms with Crippen molar-refractivity contribution in [2.24, 2.45) is 0 Å². The van der Waals surface area contributed by atoms with Gasteiger partial charge in [0.15, 0.2) is 0 Å². The summed E-state index contributed by atoms with van der Waals surface area (Å²) < 4.78 is 0. The van der Waals surface area contributed by atoms with Gasteiger partial charge in [0.2, 0.25) is 0 Å². The Morgan fingerprint density at radius 3 is 1.82 bits per heavy atom. The Bertz CT molecular complexity index is 1450. The Kier molecular flexibility index (Phi) is 13.1. The SMILES string of the molecule is Clc1ccc(C(Nc2ccnc3cc(Cl)ccc23)c2ccc(CN3CCN(C[C]4[CH][CH][CH][CH]4)CC3)cc2)cc1.[CH]1[CH][CH][CH][CH]1.[Fe+2]. The van der Waals surface area contributed by atoms with Crippen molar-refractivity contribution in [2.45, 2.75) is 12.6 Å². The third kappa shape index (κ3) is 9.70. The monoisotopic (exact) mass is 674 g/mol. The zero-order valence-electron chi connectivity index (χ0n) is 25.0. The van der Waals surface area contributed by atoms with Crippen molar-refractivity contribution in [1.82, 2.24) is 14.8 Å². The van der Waals surface area contributed by atoms with Crippen molar-refractivity contribution >= 4 is 39.8 Å². The molecule has 1 aliphatic heterocycles. The fourth-order valence-electron chi connectivity index (χ4n) is 5.69. The van der Waals surface area contributed by atoms with Gasteiger partial charge in [0.25, 0.3) is 0 Å². The molecule has 2 saturated carbocycles. The van der Waals surface area contributed by atoms with Crippen molar-refractivity contribution in [3.05, 3.63) is 169 Å². The van der Waals surface area contributed by atoms with Gasteiger partial charge in [-0.15, -0.1) is 0 Å². The second-order valence-electron chi connectivity index (χ2n) is 11.2. The molecule has 3 fully saturated rings. The first-order valence-electron chi connectivity index (χ1n) is 15.1. The van der Waals surface area contributed by atoms with Gasteiger partial charge in [0, 0.05) is 66.6 Å². The van der Waals surface area contributed by atoms with E-state index in [0.29, 0.717) is 5.02 Å². The fourth-order valence-corrected chi connectivity index (χ4v) is 5.99. The van der Waals surface area contributed by atoms with Crippen molar-refractivity contribution in [2.75, 3.05) is 38.0 Å². The van der Waals surface area contributed by atoms with Crippen LogP contribution in [0.2, 0.25) is 10.0 Å². The van der Waals surface area contributed by atoms with E-state index < -0.39 is 0 Å². The molecule has 1 saturated heterocycles. The quantitative estimate of drug-likeness (QED) is 0.191. The summed E-state index contributed by atoms with van der Waals surface area (Å²) in [6, 6.07) is 24.9. The normalized spacial score (nSPS) is 18.3. The van der Waals surface area contributed by atoms with Crippen molar-refractivity contribution in [1.29, 1.82) is 0 Å². The van der Waals surface area contributed by atoms with Crippen LogP contribution in [0, 0.1) is 63.7 Å². The van der Waals surface area contributed by atoms with Gasteiger partial charge in [-0.25, -0.2) is 0 Å². The molecule has 1 aromatic heterocycles. The molecule has 3 aliphatic rings. The van der Waals surface area contributed by atoms with E-state index in [9.17, 15) is 0 Å². The number of piperazine rings is 1. The van der Waals surface area contributed by atoms with Gasteiger partial charge in [-0.05, 0) is 117 Å². The first-order chi connectivity index (χ1) is 21.6. The van der Waals surface area contributed by atoms with E-state index in [1.807, 2.05) is 74.7 Å². The number of benzene rings is 3. The van der Waals surface area contributed by atoms with E-state index in [0.717, 1.165) is 66.4 Å². The predicted octanol–water partition coefficient (Wildman–Crippen LogP) is 8.28. The first kappa shape index (κ1) is 34.2. The van der Waals surface area contributed by atoms with E-state index in [4.69, 9.17) is 23.2 Å². The molecule has 10 radical (unpaired) electrons. The Labute approximate surface area is 290 Å². The van der Waals surface area contributed by atoms with Crippen LogP contribution in [0.1, 0.15) is 22.7 Å². The van der Waals surface area contributed by atoms with Crippen LogP contribution >= 0.6 is 23.2 Å². The molecule has 4 nitrogen and oxygen atoms in total. The second kappa shape index (κ2) is 17.2. The summed E-state index contributed by atoms with van der Waals surface area (Å²) in [5, 5.41) is 6.22. The third-order valence-corrected chi connectivity index (χ3v) is 8.57. The minimum absolute atomic E-state index is 0. The first-order valence-corrected chi connectivity index (χ1v) is 15.8. The average Bonchev–Trinajstić information content (AvgIpc) is 3.80. The molecule has 0 spiro atoms. The number of fused-ring (bicyclic) bond motifs is 1. The maximum atomic E-state index is 6.22. The zero-order chi connectivity index (χ0) is 30.1. The maximum absolute atomic E-state index is 6.22. The summed E-state index contributed by atoms with van der Waals surface area (Å²) in [4.78, 5) is 9.61. The third-order valence-electron chi connectivity index (χ3n) is 8.09. The smallest absolute Gasteiger partial charge is 0.374 e. The Morgan fingerprint density at radius 1 is 0.644 bits per heavy atom. The van der Waals surface area contributed by atoms with Crippen LogP contribution in [0.15, 0.2) is 79.0 Å². The number of nitrogens with zero attached hydrogens (tertiary/aromatic N) is 3. The van der Waals surface area contributed by atoms with Crippen LogP contribution < -0.4 is 5.32 Å². The van der Waals surface area contributed by atoms with Crippen LogP contribution in [0.4, 0.5) is 5.69 Å². The van der Waals surface area contributed by atoms with Crippen LogP contribution in [-0.2, 0) is 23.6 Å². The number of hydrogen-bond acceptors (Lipinski definition) is 4. The molecule has 228 valence electrons. The van der Waals surface area contributed by atoms with E-state index in [1.165, 1.54) is 17.0 Å². The molecule has 45 heavy (non-hydrogen) atoms. The summed E-state index contributed by atoms with van der Waals surface area (Å²) in [5.74, 6) is 1.41. The molecule has 0 bridgehead atoms. The molecule has 1 atom stereocenters. The van der Waals surface area contributed by atoms with Crippen LogP contribution in [0.25, 0.3) is 10.9 Å². The van der Waals surface area contributed by atoms with E-state index >= 15 is 0 Å². The van der Waals surface area contributed by atoms with Crippen LogP contribution in [0.5, 0.6) is 0 Å². The van der Waals surface area contributed by atoms with Crippen LogP contribution in [0.3, 0.4) is 0 Å². The molecule has 2 heterocycles. The number of halogens is 2. The van der Waals surface area contributed by atoms with Gasteiger partial charge in [-0.3, -0.25) is 9.88 Å². The Morgan fingerprint density at radius 2 is 1.20 bits per heavy atom. The number of pyridine rings is 1. The summed E-state index contributed by atoms with van der Waals surface area (Å²) in [6.07, 6.45) is 20.5. The second-order valence-corrected chi connectivity index (χ2v) is 12.1. The van der Waals surface area contributed by atoms with E-state index in [-0.39, 0.29) is 23.1 Å². The number of aromatic nitrogens is 1. The van der Waals surface area contributed by atoms with E-state index in [1.54, 1.807) is 0 Å². The van der Waals surface area contributed by atoms with E-state index in [2.05, 4.69) is 82.2 Å². The molecule has 0 amide bonds. The molecule has 2 aliphatic carbocycles. The average molecular weight is 675 g/mol. The minimum atomic E-state index is -0.0441. The van der Waals surface area contributed by atoms with Gasteiger partial charge < -0.3 is 10.2 Å². The molecular formula is C38H36Cl2FeN4+2. The molecule has 1 unspecified atom stereocenters. The largest absolute Gasteiger partial charge is 2.00 e. The molecular weight excluding hydrogens is 639 g/mol. The minimum Gasteiger partial charge on any atom is -0.374 e. The molecule has 7 rings (SSSR count). The summed E-state index contributed by atoms with van der Waals surface area (Å²) in [6.45, 7) is 6.43. The molecule has 1 N–H and O–H groups in total. The van der Waals surface area contributed by atoms with Crippen LogP contribution in [-0.4, -0.2) is 47.5 Å². The number of rotatable bonds is 8. The standard InChI is InChI=1S/C33H31Cl2N4.C5H5.Fe/c34-28-11-9-27(10-12-28)33(37-31-15-16-36-32-21-29(35)13-14-30(31)32)26-7-5-25(6-8-26)23-39-19-17-38(18-20-39)22-24-3-1-2-4-24;1-2-4-5-3-1;/h1-16,21,33H,17-20,22-23H2,(H,36,37);1-5H;/q;;+2. The Balaban J connectivity index is 0.000000609. The number of anilines is 1. The van der Waals surface area contributed by atoms with Crippen molar-refractivity contribution in [3.8, 4) is 0 Å². The summed E-state index contributed by atoms with van der Waals surface area (Å²) in [5.41, 5.74) is 5.56. The zero-order valence-corrected chi connectivity index (χ0v) is 27.6. The van der Waals surface area contributed by atoms with Gasteiger partial charge in [-0.1, -0.05) is 59.6 Å². The van der Waals surface area contributed by atoms with Gasteiger partial charge in [0.05, 0.1) is 11.6 Å². The summed E-state index contributed by atoms with van der Waals surface area (Å²) in [7, 11) is 0. The predicted molar refractivity (Wildman–Crippen MR) is 184 cm³/mol. The number of hydrogen-bond donors (Lipinski definition) is 1. The maximum Gasteiger partial charge on any atom is 2.00 e. The summed E-state index contributed by atoms with van der Waals surface area (Å²) >= 11 is 12.4. The fraction of sp³-hybridized carbons (Fsp3) is 0.184. The van der Waals surface area contributed by atoms with Crippen molar-refractivity contribution < 1.29 is 17.1 Å². The molecule has 4 aromatic rings. The van der Waals surface area contributed by atoms with Gasteiger partial charge in [0.1, 0.15) is 0 Å². The topological polar surface area (TPSA) is 31.4 Å². The van der Waals surface area contributed by atoms with Gasteiger partial charge >= 0.3 is 17.1 Å². The number of nitrogens with one attached hydrogen (secondary N) is 1. The molecule has 3 aromatic carbocycles.